The fraction of sp³-hybridized carbons (Fsp3) is 0.194. The van der Waals surface area contributed by atoms with Crippen molar-refractivity contribution in [2.24, 2.45) is 0 Å². The number of pyridine rings is 1. The summed E-state index contributed by atoms with van der Waals surface area (Å²) in [5.41, 5.74) is 4.54. The third-order valence-electron chi connectivity index (χ3n) is 7.78. The minimum absolute atomic E-state index is 0.232. The van der Waals surface area contributed by atoms with Crippen LogP contribution in [0.3, 0.4) is 0 Å². The largest absolute Gasteiger partial charge is 0.487 e. The van der Waals surface area contributed by atoms with Crippen LogP contribution < -0.4 is 9.47 Å². The minimum atomic E-state index is -0.432. The number of carbonyl (C=O) groups is 1. The molecule has 0 aliphatic heterocycles. The standard InChI is InChI=1S/C36H32N2O4S/c1-36(22-21-35(39)40-2,27-14-19-30(20-15-27)42-24-34-38-32-9-5-6-10-33(32)43-34)26-12-17-29(18-13-26)41-23-28-16-11-25-7-3-4-8-31(25)37-28/h3-20H,21-24H2,1-2H3. The first-order valence-corrected chi connectivity index (χ1v) is 15.0. The molecule has 0 bridgehead atoms. The summed E-state index contributed by atoms with van der Waals surface area (Å²) >= 11 is 1.64. The molecule has 0 spiro atoms. The van der Waals surface area contributed by atoms with Crippen molar-refractivity contribution < 1.29 is 19.0 Å². The molecule has 1 atom stereocenters. The van der Waals surface area contributed by atoms with Gasteiger partial charge in [0.15, 0.2) is 0 Å². The van der Waals surface area contributed by atoms with Gasteiger partial charge in [-0.1, -0.05) is 67.6 Å². The number of carbonyl (C=O) groups excluding carboxylic acids is 1. The molecule has 43 heavy (non-hydrogen) atoms. The smallest absolute Gasteiger partial charge is 0.305 e. The number of ether oxygens (including phenoxy) is 3. The van der Waals surface area contributed by atoms with E-state index in [1.807, 2.05) is 72.8 Å². The Morgan fingerprint density at radius 1 is 0.721 bits per heavy atom. The molecule has 0 aliphatic carbocycles. The zero-order valence-electron chi connectivity index (χ0n) is 24.2. The van der Waals surface area contributed by atoms with Gasteiger partial charge in [-0.05, 0) is 66.1 Å². The van der Waals surface area contributed by atoms with Crippen LogP contribution >= 0.6 is 11.3 Å². The lowest BCUT2D eigenvalue weighted by atomic mass is 9.73. The lowest BCUT2D eigenvalue weighted by Crippen LogP contribution is -2.25. The Labute approximate surface area is 254 Å². The van der Waals surface area contributed by atoms with Gasteiger partial charge in [0.1, 0.15) is 29.7 Å². The number of methoxy groups -OCH3 is 1. The van der Waals surface area contributed by atoms with Crippen LogP contribution in [-0.2, 0) is 28.2 Å². The molecule has 1 unspecified atom stereocenters. The molecule has 7 heteroatoms. The monoisotopic (exact) mass is 588 g/mol. The van der Waals surface area contributed by atoms with Gasteiger partial charge in [0.2, 0.25) is 0 Å². The normalized spacial score (nSPS) is 12.6. The molecule has 0 N–H and O–H groups in total. The summed E-state index contributed by atoms with van der Waals surface area (Å²) in [5.74, 6) is 1.29. The quantitative estimate of drug-likeness (QED) is 0.142. The Morgan fingerprint density at radius 3 is 2.02 bits per heavy atom. The van der Waals surface area contributed by atoms with E-state index < -0.39 is 5.41 Å². The lowest BCUT2D eigenvalue weighted by molar-refractivity contribution is -0.140. The molecule has 0 fully saturated rings. The molecule has 4 aromatic carbocycles. The topological polar surface area (TPSA) is 70.5 Å². The van der Waals surface area contributed by atoms with Crippen LogP contribution in [0.2, 0.25) is 0 Å². The fourth-order valence-electron chi connectivity index (χ4n) is 5.22. The number of para-hydroxylation sites is 2. The van der Waals surface area contributed by atoms with Gasteiger partial charge in [-0.2, -0.15) is 0 Å². The van der Waals surface area contributed by atoms with E-state index in [1.165, 1.54) is 7.11 Å². The Hall–Kier alpha value is -4.75. The van der Waals surface area contributed by atoms with E-state index in [1.54, 1.807) is 11.3 Å². The summed E-state index contributed by atoms with van der Waals surface area (Å²) in [6.07, 6.45) is 0.890. The first-order valence-electron chi connectivity index (χ1n) is 14.2. The van der Waals surface area contributed by atoms with E-state index in [9.17, 15) is 4.79 Å². The molecule has 2 heterocycles. The van der Waals surface area contributed by atoms with Gasteiger partial charge in [-0.3, -0.25) is 4.79 Å². The van der Waals surface area contributed by atoms with Crippen LogP contribution in [0.4, 0.5) is 0 Å². The molecule has 0 radical (unpaired) electrons. The second-order valence-corrected chi connectivity index (χ2v) is 11.7. The molecule has 2 aromatic heterocycles. The van der Waals surface area contributed by atoms with Crippen molar-refractivity contribution in [1.82, 2.24) is 9.97 Å². The van der Waals surface area contributed by atoms with Crippen molar-refractivity contribution in [2.75, 3.05) is 7.11 Å². The predicted octanol–water partition coefficient (Wildman–Crippen LogP) is 8.26. The van der Waals surface area contributed by atoms with E-state index in [0.717, 1.165) is 54.4 Å². The summed E-state index contributed by atoms with van der Waals surface area (Å²) < 4.78 is 18.3. The van der Waals surface area contributed by atoms with Crippen LogP contribution in [0.25, 0.3) is 21.1 Å². The number of benzene rings is 4. The number of thiazole rings is 1. The maximum atomic E-state index is 12.1. The maximum absolute atomic E-state index is 12.1. The van der Waals surface area contributed by atoms with Crippen LogP contribution in [0.15, 0.2) is 109 Å². The van der Waals surface area contributed by atoms with Crippen molar-refractivity contribution in [3.05, 3.63) is 131 Å². The van der Waals surface area contributed by atoms with E-state index in [-0.39, 0.29) is 5.97 Å². The average molecular weight is 589 g/mol. The molecule has 216 valence electrons. The van der Waals surface area contributed by atoms with Gasteiger partial charge in [-0.15, -0.1) is 11.3 Å². The molecule has 6 nitrogen and oxygen atoms in total. The fourth-order valence-corrected chi connectivity index (χ4v) is 6.10. The SMILES string of the molecule is COC(=O)CCC(C)(c1ccc(OCc2ccc3ccccc3n2)cc1)c1ccc(OCc2nc3ccccc3s2)cc1. The summed E-state index contributed by atoms with van der Waals surface area (Å²) in [5, 5.41) is 2.04. The van der Waals surface area contributed by atoms with Crippen molar-refractivity contribution >= 4 is 38.4 Å². The van der Waals surface area contributed by atoms with Crippen LogP contribution in [0.1, 0.15) is 41.6 Å². The highest BCUT2D eigenvalue weighted by Crippen LogP contribution is 2.38. The third-order valence-corrected chi connectivity index (χ3v) is 8.79. The number of fused-ring (bicyclic) bond motifs is 2. The van der Waals surface area contributed by atoms with E-state index in [0.29, 0.717) is 26.1 Å². The molecule has 0 saturated heterocycles. The predicted molar refractivity (Wildman–Crippen MR) is 171 cm³/mol. The van der Waals surface area contributed by atoms with Crippen LogP contribution in [-0.4, -0.2) is 23.0 Å². The Kier molecular flexibility index (Phi) is 8.34. The Balaban J connectivity index is 1.16. The Morgan fingerprint density at radius 2 is 1.35 bits per heavy atom. The molecular weight excluding hydrogens is 556 g/mol. The summed E-state index contributed by atoms with van der Waals surface area (Å²) in [4.78, 5) is 21.5. The first-order chi connectivity index (χ1) is 21.0. The maximum Gasteiger partial charge on any atom is 0.305 e. The zero-order chi connectivity index (χ0) is 29.6. The van der Waals surface area contributed by atoms with Crippen molar-refractivity contribution in [2.45, 2.75) is 38.4 Å². The highest BCUT2D eigenvalue weighted by Gasteiger charge is 2.30. The summed E-state index contributed by atoms with van der Waals surface area (Å²) in [7, 11) is 1.42. The number of nitrogens with zero attached hydrogens (tertiary/aromatic N) is 2. The average Bonchev–Trinajstić information content (AvgIpc) is 3.49. The van der Waals surface area contributed by atoms with Crippen molar-refractivity contribution in [3.8, 4) is 11.5 Å². The summed E-state index contributed by atoms with van der Waals surface area (Å²) in [6, 6.07) is 36.4. The third kappa shape index (κ3) is 6.52. The number of esters is 1. The van der Waals surface area contributed by atoms with Crippen molar-refractivity contribution in [3.63, 3.8) is 0 Å². The van der Waals surface area contributed by atoms with Gasteiger partial charge >= 0.3 is 5.97 Å². The molecule has 6 rings (SSSR count). The zero-order valence-corrected chi connectivity index (χ0v) is 25.0. The lowest BCUT2D eigenvalue weighted by Gasteiger charge is -2.31. The van der Waals surface area contributed by atoms with Crippen LogP contribution in [0, 0.1) is 0 Å². The van der Waals surface area contributed by atoms with E-state index in [2.05, 4.69) is 48.3 Å². The summed E-state index contributed by atoms with van der Waals surface area (Å²) in [6.45, 7) is 2.94. The molecule has 0 amide bonds. The van der Waals surface area contributed by atoms with E-state index >= 15 is 0 Å². The van der Waals surface area contributed by atoms with Gasteiger partial charge in [-0.25, -0.2) is 9.97 Å². The minimum Gasteiger partial charge on any atom is -0.487 e. The number of hydrogen-bond acceptors (Lipinski definition) is 7. The second-order valence-electron chi connectivity index (χ2n) is 10.6. The number of aromatic nitrogens is 2. The van der Waals surface area contributed by atoms with Crippen LogP contribution in [0.5, 0.6) is 11.5 Å². The number of hydrogen-bond donors (Lipinski definition) is 0. The second kappa shape index (κ2) is 12.6. The molecule has 0 saturated carbocycles. The highest BCUT2D eigenvalue weighted by atomic mass is 32.1. The first kappa shape index (κ1) is 28.4. The van der Waals surface area contributed by atoms with Gasteiger partial charge in [0.05, 0.1) is 28.5 Å². The van der Waals surface area contributed by atoms with Gasteiger partial charge in [0, 0.05) is 17.2 Å². The van der Waals surface area contributed by atoms with E-state index in [4.69, 9.17) is 19.2 Å². The van der Waals surface area contributed by atoms with Crippen molar-refractivity contribution in [1.29, 1.82) is 0 Å². The highest BCUT2D eigenvalue weighted by molar-refractivity contribution is 7.18. The van der Waals surface area contributed by atoms with Gasteiger partial charge in [0.25, 0.3) is 0 Å². The Bertz CT molecular complexity index is 1820. The number of rotatable bonds is 11. The molecular formula is C36H32N2O4S. The van der Waals surface area contributed by atoms with Gasteiger partial charge < -0.3 is 14.2 Å². The molecule has 0 aliphatic rings. The molecule has 6 aromatic rings.